The summed E-state index contributed by atoms with van der Waals surface area (Å²) in [6, 6.07) is 3.78. The summed E-state index contributed by atoms with van der Waals surface area (Å²) >= 11 is 1.60. The second-order valence-electron chi connectivity index (χ2n) is 6.51. The third-order valence-corrected chi connectivity index (χ3v) is 5.76. The Morgan fingerprint density at radius 3 is 2.84 bits per heavy atom. The largest absolute Gasteiger partial charge is 0.468 e. The molecule has 0 unspecified atom stereocenters. The van der Waals surface area contributed by atoms with E-state index in [-0.39, 0.29) is 30.1 Å². The van der Waals surface area contributed by atoms with Gasteiger partial charge in [0.25, 0.3) is 0 Å². The van der Waals surface area contributed by atoms with E-state index in [0.29, 0.717) is 18.3 Å². The molecule has 0 aromatic carbocycles. The van der Waals surface area contributed by atoms with Crippen molar-refractivity contribution in [2.75, 3.05) is 19.8 Å². The molecule has 1 fully saturated rings. The van der Waals surface area contributed by atoms with Crippen LogP contribution in [0.2, 0.25) is 0 Å². The highest BCUT2D eigenvalue weighted by Crippen LogP contribution is 2.32. The summed E-state index contributed by atoms with van der Waals surface area (Å²) in [5, 5.41) is 2.65. The molecule has 1 aromatic rings. The normalized spacial score (nSPS) is 16.5. The number of thioether (sulfide) groups is 1. The van der Waals surface area contributed by atoms with Crippen LogP contribution in [0.25, 0.3) is 0 Å². The Morgan fingerprint density at radius 1 is 1.36 bits per heavy atom. The van der Waals surface area contributed by atoms with Gasteiger partial charge in [0.2, 0.25) is 5.91 Å². The molecule has 0 spiro atoms. The number of hydrogen-bond acceptors (Lipinski definition) is 5. The lowest BCUT2D eigenvalue weighted by Crippen LogP contribution is -2.38. The first-order valence-electron chi connectivity index (χ1n) is 9.20. The summed E-state index contributed by atoms with van der Waals surface area (Å²) in [5.74, 6) is 2.01. The van der Waals surface area contributed by atoms with E-state index < -0.39 is 0 Å². The maximum atomic E-state index is 12.6. The van der Waals surface area contributed by atoms with Crippen molar-refractivity contribution >= 4 is 23.5 Å². The number of Topliss-reactive ketones (excluding diaryl/α,β-unsaturated/α-hetero) is 1. The van der Waals surface area contributed by atoms with Crippen LogP contribution in [0, 0.1) is 5.92 Å². The van der Waals surface area contributed by atoms with Gasteiger partial charge >= 0.3 is 0 Å². The first-order chi connectivity index (χ1) is 12.2. The van der Waals surface area contributed by atoms with E-state index in [2.05, 4.69) is 5.32 Å². The maximum absolute atomic E-state index is 12.6. The number of rotatable bonds is 11. The summed E-state index contributed by atoms with van der Waals surface area (Å²) in [6.07, 6.45) is 8.75. The lowest BCUT2D eigenvalue weighted by molar-refractivity contribution is -0.127. The van der Waals surface area contributed by atoms with Gasteiger partial charge in [-0.15, -0.1) is 11.8 Å². The van der Waals surface area contributed by atoms with Crippen molar-refractivity contribution in [2.45, 2.75) is 56.5 Å². The highest BCUT2D eigenvalue weighted by molar-refractivity contribution is 7.99. The van der Waals surface area contributed by atoms with Gasteiger partial charge in [0.1, 0.15) is 12.4 Å². The molecular weight excluding hydrogens is 338 g/mol. The van der Waals surface area contributed by atoms with Gasteiger partial charge in [0, 0.05) is 6.61 Å². The monoisotopic (exact) mass is 367 g/mol. The van der Waals surface area contributed by atoms with Crippen LogP contribution in [0.1, 0.15) is 51.2 Å². The lowest BCUT2D eigenvalue weighted by atomic mass is 9.86. The minimum atomic E-state index is -0.145. The quantitative estimate of drug-likeness (QED) is 0.647. The smallest absolute Gasteiger partial charge is 0.233 e. The van der Waals surface area contributed by atoms with Crippen LogP contribution in [-0.2, 0) is 20.1 Å². The molecule has 1 N–H and O–H groups in total. The molecule has 6 heteroatoms. The minimum Gasteiger partial charge on any atom is -0.468 e. The van der Waals surface area contributed by atoms with Crippen LogP contribution in [0.5, 0.6) is 0 Å². The number of amides is 1. The van der Waals surface area contributed by atoms with Gasteiger partial charge in [-0.1, -0.05) is 32.1 Å². The Labute approximate surface area is 154 Å². The predicted octanol–water partition coefficient (Wildman–Crippen LogP) is 3.57. The van der Waals surface area contributed by atoms with E-state index in [1.165, 1.54) is 32.1 Å². The molecular formula is C19H29NO4S. The van der Waals surface area contributed by atoms with Gasteiger partial charge in [0.05, 0.1) is 23.8 Å². The van der Waals surface area contributed by atoms with Crippen LogP contribution >= 0.6 is 11.8 Å². The van der Waals surface area contributed by atoms with Gasteiger partial charge in [-0.2, -0.15) is 0 Å². The summed E-state index contributed by atoms with van der Waals surface area (Å²) < 4.78 is 10.5. The third kappa shape index (κ3) is 7.65. The Kier molecular flexibility index (Phi) is 9.11. The van der Waals surface area contributed by atoms with Gasteiger partial charge in [-0.3, -0.25) is 9.59 Å². The fraction of sp³-hybridized carbons (Fsp3) is 0.684. The van der Waals surface area contributed by atoms with Gasteiger partial charge in [0.15, 0.2) is 5.78 Å². The molecule has 1 amide bonds. The highest BCUT2D eigenvalue weighted by Gasteiger charge is 2.25. The topological polar surface area (TPSA) is 68.5 Å². The molecule has 1 saturated carbocycles. The average Bonchev–Trinajstić information content (AvgIpc) is 3.15. The molecule has 0 radical (unpaired) electrons. The number of furan rings is 1. The van der Waals surface area contributed by atoms with Crippen molar-refractivity contribution in [3.8, 4) is 0 Å². The standard InChI is InChI=1S/C19H29NO4S/c1-2-23-13-16(21)12-20-19(22)18(11-15-7-4-3-5-8-15)25-14-17-9-6-10-24-17/h6,9-10,15,18H,2-5,7-8,11-14H2,1H3,(H,20,22)/t18-/m0/s1. The molecule has 1 aliphatic rings. The van der Waals surface area contributed by atoms with Crippen LogP contribution in [0.3, 0.4) is 0 Å². The average molecular weight is 368 g/mol. The molecule has 1 aliphatic carbocycles. The molecule has 0 bridgehead atoms. The van der Waals surface area contributed by atoms with Crippen LogP contribution in [0.4, 0.5) is 0 Å². The summed E-state index contributed by atoms with van der Waals surface area (Å²) in [4.78, 5) is 24.3. The van der Waals surface area contributed by atoms with Gasteiger partial charge in [-0.25, -0.2) is 0 Å². The predicted molar refractivity (Wildman–Crippen MR) is 99.5 cm³/mol. The highest BCUT2D eigenvalue weighted by atomic mass is 32.2. The zero-order valence-electron chi connectivity index (χ0n) is 15.0. The minimum absolute atomic E-state index is 0.0430. The lowest BCUT2D eigenvalue weighted by Gasteiger charge is -2.25. The van der Waals surface area contributed by atoms with Crippen molar-refractivity contribution in [1.29, 1.82) is 0 Å². The second-order valence-corrected chi connectivity index (χ2v) is 7.70. The van der Waals surface area contributed by atoms with Gasteiger partial charge in [-0.05, 0) is 31.4 Å². The Balaban J connectivity index is 1.84. The van der Waals surface area contributed by atoms with Crippen molar-refractivity contribution in [2.24, 2.45) is 5.92 Å². The molecule has 1 heterocycles. The molecule has 1 atom stereocenters. The molecule has 25 heavy (non-hydrogen) atoms. The number of ether oxygens (including phenoxy) is 1. The molecule has 1 aromatic heterocycles. The zero-order valence-corrected chi connectivity index (χ0v) is 15.8. The summed E-state index contributed by atoms with van der Waals surface area (Å²) in [6.45, 7) is 2.45. The van der Waals surface area contributed by atoms with Crippen LogP contribution in [0.15, 0.2) is 22.8 Å². The molecule has 0 saturated heterocycles. The van der Waals surface area contributed by atoms with E-state index in [1.807, 2.05) is 19.1 Å². The number of nitrogens with one attached hydrogen (secondary N) is 1. The Bertz CT molecular complexity index is 512. The molecule has 0 aliphatic heterocycles. The summed E-state index contributed by atoms with van der Waals surface area (Å²) in [5.41, 5.74) is 0. The Morgan fingerprint density at radius 2 is 2.16 bits per heavy atom. The van der Waals surface area contributed by atoms with Crippen molar-refractivity contribution in [3.63, 3.8) is 0 Å². The molecule has 140 valence electrons. The van der Waals surface area contributed by atoms with Crippen LogP contribution < -0.4 is 5.32 Å². The summed E-state index contributed by atoms with van der Waals surface area (Å²) in [7, 11) is 0. The number of carbonyl (C=O) groups is 2. The van der Waals surface area contributed by atoms with E-state index in [4.69, 9.17) is 9.15 Å². The number of ketones is 1. The van der Waals surface area contributed by atoms with Crippen molar-refractivity contribution < 1.29 is 18.7 Å². The van der Waals surface area contributed by atoms with E-state index in [0.717, 1.165) is 12.2 Å². The number of hydrogen-bond donors (Lipinski definition) is 1. The fourth-order valence-corrected chi connectivity index (χ4v) is 4.29. The SMILES string of the molecule is CCOCC(=O)CNC(=O)[C@H](CC1CCCCC1)SCc1ccco1. The van der Waals surface area contributed by atoms with E-state index >= 15 is 0 Å². The van der Waals surface area contributed by atoms with Crippen molar-refractivity contribution in [3.05, 3.63) is 24.2 Å². The van der Waals surface area contributed by atoms with E-state index in [9.17, 15) is 9.59 Å². The Hall–Kier alpha value is -1.27. The van der Waals surface area contributed by atoms with Crippen LogP contribution in [-0.4, -0.2) is 36.7 Å². The second kappa shape index (κ2) is 11.4. The van der Waals surface area contributed by atoms with E-state index in [1.54, 1.807) is 18.0 Å². The zero-order chi connectivity index (χ0) is 17.9. The molecule has 5 nitrogen and oxygen atoms in total. The van der Waals surface area contributed by atoms with Crippen molar-refractivity contribution in [1.82, 2.24) is 5.32 Å². The van der Waals surface area contributed by atoms with Gasteiger partial charge < -0.3 is 14.5 Å². The first-order valence-corrected chi connectivity index (χ1v) is 10.2. The third-order valence-electron chi connectivity index (χ3n) is 4.50. The molecule has 2 rings (SSSR count). The maximum Gasteiger partial charge on any atom is 0.233 e. The number of carbonyl (C=O) groups excluding carboxylic acids is 2. The fourth-order valence-electron chi connectivity index (χ4n) is 3.12. The first kappa shape index (κ1) is 20.0.